The fourth-order valence-corrected chi connectivity index (χ4v) is 2.40. The van der Waals surface area contributed by atoms with Gasteiger partial charge in [-0.25, -0.2) is 4.98 Å². The highest BCUT2D eigenvalue weighted by Crippen LogP contribution is 2.30. The molecule has 2 heterocycles. The van der Waals surface area contributed by atoms with Gasteiger partial charge in [0.05, 0.1) is 11.0 Å². The van der Waals surface area contributed by atoms with Crippen molar-refractivity contribution in [3.8, 4) is 0 Å². The van der Waals surface area contributed by atoms with Gasteiger partial charge in [-0.05, 0) is 24.6 Å². The van der Waals surface area contributed by atoms with Gasteiger partial charge in [-0.3, -0.25) is 0 Å². The van der Waals surface area contributed by atoms with Gasteiger partial charge in [-0.15, -0.1) is 0 Å². The number of hydrogen-bond acceptors (Lipinski definition) is 3. The molecule has 2 aromatic rings. The molecule has 0 aliphatic carbocycles. The van der Waals surface area contributed by atoms with Crippen LogP contribution in [-0.2, 0) is 6.42 Å². The summed E-state index contributed by atoms with van der Waals surface area (Å²) in [4.78, 5) is 4.58. The lowest BCUT2D eigenvalue weighted by atomic mass is 10.2. The van der Waals surface area contributed by atoms with Crippen molar-refractivity contribution in [1.29, 1.82) is 0 Å². The van der Waals surface area contributed by atoms with E-state index < -0.39 is 0 Å². The molecule has 0 spiro atoms. The minimum Gasteiger partial charge on any atom is -0.399 e. The fraction of sp³-hybridized carbons (Fsp3) is 0.364. The summed E-state index contributed by atoms with van der Waals surface area (Å²) in [6.07, 6.45) is 2.13. The van der Waals surface area contributed by atoms with E-state index in [9.17, 15) is 0 Å². The van der Waals surface area contributed by atoms with Gasteiger partial charge >= 0.3 is 0 Å². The van der Waals surface area contributed by atoms with Crippen molar-refractivity contribution in [2.45, 2.75) is 18.9 Å². The summed E-state index contributed by atoms with van der Waals surface area (Å²) in [6, 6.07) is 6.29. The Morgan fingerprint density at radius 1 is 1.47 bits per heavy atom. The van der Waals surface area contributed by atoms with E-state index in [0.717, 1.165) is 35.4 Å². The van der Waals surface area contributed by atoms with Crippen LogP contribution in [-0.4, -0.2) is 16.1 Å². The number of aromatic nitrogens is 2. The Hall–Kier alpha value is -1.55. The Balaban J connectivity index is 2.27. The first-order valence-electron chi connectivity index (χ1n) is 5.26. The first-order chi connectivity index (χ1) is 7.29. The second-order valence-corrected chi connectivity index (χ2v) is 4.07. The smallest absolute Gasteiger partial charge is 0.110 e. The quantitative estimate of drug-likeness (QED) is 0.679. The molecule has 0 radical (unpaired) electrons. The van der Waals surface area contributed by atoms with E-state index in [1.807, 2.05) is 18.2 Å². The van der Waals surface area contributed by atoms with Crippen molar-refractivity contribution in [1.82, 2.24) is 9.55 Å². The molecule has 15 heavy (non-hydrogen) atoms. The van der Waals surface area contributed by atoms with Crippen LogP contribution < -0.4 is 11.5 Å². The Kier molecular flexibility index (Phi) is 1.73. The molecule has 1 aromatic heterocycles. The summed E-state index contributed by atoms with van der Waals surface area (Å²) >= 11 is 0. The standard InChI is InChI=1S/C11H14N4/c12-6-8-2-4-11-14-9-5-7(13)1-3-10(9)15(8)11/h1,3,5,8H,2,4,6,12-13H2. The summed E-state index contributed by atoms with van der Waals surface area (Å²) in [5.74, 6) is 1.14. The monoisotopic (exact) mass is 202 g/mol. The molecule has 1 atom stereocenters. The fourth-order valence-electron chi connectivity index (χ4n) is 2.40. The number of anilines is 1. The highest BCUT2D eigenvalue weighted by molar-refractivity contribution is 5.80. The largest absolute Gasteiger partial charge is 0.399 e. The number of hydrogen-bond donors (Lipinski definition) is 2. The first kappa shape index (κ1) is 8.73. The molecular formula is C11H14N4. The van der Waals surface area contributed by atoms with Crippen molar-refractivity contribution >= 4 is 16.7 Å². The molecule has 0 saturated carbocycles. The van der Waals surface area contributed by atoms with Gasteiger partial charge in [0.2, 0.25) is 0 Å². The van der Waals surface area contributed by atoms with Crippen molar-refractivity contribution in [2.24, 2.45) is 5.73 Å². The Bertz CT molecular complexity index is 515. The second kappa shape index (κ2) is 2.97. The zero-order valence-corrected chi connectivity index (χ0v) is 8.48. The predicted molar refractivity (Wildman–Crippen MR) is 60.6 cm³/mol. The lowest BCUT2D eigenvalue weighted by Gasteiger charge is -2.10. The van der Waals surface area contributed by atoms with Crippen LogP contribution in [0.5, 0.6) is 0 Å². The van der Waals surface area contributed by atoms with Crippen LogP contribution in [0.2, 0.25) is 0 Å². The molecule has 0 bridgehead atoms. The van der Waals surface area contributed by atoms with Gasteiger partial charge in [-0.1, -0.05) is 0 Å². The molecule has 4 heteroatoms. The SMILES string of the molecule is NCC1CCc2nc3cc(N)ccc3n21. The maximum absolute atomic E-state index is 5.76. The van der Waals surface area contributed by atoms with E-state index in [2.05, 4.69) is 9.55 Å². The molecule has 4 N–H and O–H groups in total. The Morgan fingerprint density at radius 2 is 2.33 bits per heavy atom. The third kappa shape index (κ3) is 1.15. The molecule has 0 saturated heterocycles. The molecule has 0 fully saturated rings. The van der Waals surface area contributed by atoms with E-state index in [-0.39, 0.29) is 0 Å². The van der Waals surface area contributed by atoms with Gasteiger partial charge in [-0.2, -0.15) is 0 Å². The topological polar surface area (TPSA) is 69.9 Å². The van der Waals surface area contributed by atoms with Crippen LogP contribution >= 0.6 is 0 Å². The highest BCUT2D eigenvalue weighted by atomic mass is 15.1. The molecule has 3 rings (SSSR count). The van der Waals surface area contributed by atoms with Crippen molar-refractivity contribution in [3.05, 3.63) is 24.0 Å². The van der Waals surface area contributed by atoms with Gasteiger partial charge in [0, 0.05) is 24.7 Å². The number of nitrogen functional groups attached to an aromatic ring is 1. The third-order valence-electron chi connectivity index (χ3n) is 3.12. The molecule has 1 aromatic carbocycles. The van der Waals surface area contributed by atoms with Gasteiger partial charge < -0.3 is 16.0 Å². The highest BCUT2D eigenvalue weighted by Gasteiger charge is 2.24. The van der Waals surface area contributed by atoms with E-state index in [0.29, 0.717) is 12.6 Å². The van der Waals surface area contributed by atoms with Crippen molar-refractivity contribution in [3.63, 3.8) is 0 Å². The number of nitrogens with zero attached hydrogens (tertiary/aromatic N) is 2. The summed E-state index contributed by atoms with van der Waals surface area (Å²) in [5, 5.41) is 0. The summed E-state index contributed by atoms with van der Waals surface area (Å²) in [5.41, 5.74) is 14.4. The van der Waals surface area contributed by atoms with E-state index in [1.54, 1.807) is 0 Å². The van der Waals surface area contributed by atoms with E-state index >= 15 is 0 Å². The number of benzene rings is 1. The van der Waals surface area contributed by atoms with Gasteiger partial charge in [0.1, 0.15) is 5.82 Å². The zero-order valence-electron chi connectivity index (χ0n) is 8.48. The van der Waals surface area contributed by atoms with E-state index in [1.165, 1.54) is 0 Å². The average Bonchev–Trinajstić information content (AvgIpc) is 2.74. The number of imidazole rings is 1. The number of nitrogens with two attached hydrogens (primary N) is 2. The Labute approximate surface area is 87.9 Å². The lowest BCUT2D eigenvalue weighted by Crippen LogP contribution is -2.15. The maximum atomic E-state index is 5.76. The second-order valence-electron chi connectivity index (χ2n) is 4.07. The summed E-state index contributed by atoms with van der Waals surface area (Å²) in [7, 11) is 0. The van der Waals surface area contributed by atoms with Crippen molar-refractivity contribution in [2.75, 3.05) is 12.3 Å². The molecule has 78 valence electrons. The minimum absolute atomic E-state index is 0.411. The number of aryl methyl sites for hydroxylation is 1. The van der Waals surface area contributed by atoms with Crippen LogP contribution in [0.25, 0.3) is 11.0 Å². The zero-order chi connectivity index (χ0) is 10.4. The molecule has 4 nitrogen and oxygen atoms in total. The third-order valence-corrected chi connectivity index (χ3v) is 3.12. The van der Waals surface area contributed by atoms with Crippen LogP contribution in [0.3, 0.4) is 0 Å². The Morgan fingerprint density at radius 3 is 3.13 bits per heavy atom. The normalized spacial score (nSPS) is 19.7. The average molecular weight is 202 g/mol. The van der Waals surface area contributed by atoms with Crippen molar-refractivity contribution < 1.29 is 0 Å². The van der Waals surface area contributed by atoms with Crippen LogP contribution in [0.15, 0.2) is 18.2 Å². The van der Waals surface area contributed by atoms with Crippen LogP contribution in [0.4, 0.5) is 5.69 Å². The molecule has 1 aliphatic heterocycles. The first-order valence-corrected chi connectivity index (χ1v) is 5.26. The molecule has 0 amide bonds. The lowest BCUT2D eigenvalue weighted by molar-refractivity contribution is 0.553. The number of fused-ring (bicyclic) bond motifs is 3. The molecule has 1 aliphatic rings. The predicted octanol–water partition coefficient (Wildman–Crippen LogP) is 1.06. The van der Waals surface area contributed by atoms with Crippen LogP contribution in [0.1, 0.15) is 18.3 Å². The van der Waals surface area contributed by atoms with Gasteiger partial charge in [0.15, 0.2) is 0 Å². The summed E-state index contributed by atoms with van der Waals surface area (Å²) in [6.45, 7) is 0.683. The van der Waals surface area contributed by atoms with Crippen LogP contribution in [0, 0.1) is 0 Å². The number of rotatable bonds is 1. The van der Waals surface area contributed by atoms with E-state index in [4.69, 9.17) is 11.5 Å². The maximum Gasteiger partial charge on any atom is 0.110 e. The van der Waals surface area contributed by atoms with Gasteiger partial charge in [0.25, 0.3) is 0 Å². The molecular weight excluding hydrogens is 188 g/mol. The minimum atomic E-state index is 0.411. The summed E-state index contributed by atoms with van der Waals surface area (Å²) < 4.78 is 2.26. The molecule has 1 unspecified atom stereocenters.